The number of hydrogen-bond acceptors (Lipinski definition) is 7. The maximum absolute atomic E-state index is 12.3. The molecule has 0 aromatic carbocycles. The fourth-order valence-corrected chi connectivity index (χ4v) is 2.76. The molecule has 1 aliphatic heterocycles. The van der Waals surface area contributed by atoms with Crippen molar-refractivity contribution >= 4 is 29.1 Å². The van der Waals surface area contributed by atoms with Gasteiger partial charge in [0.05, 0.1) is 5.69 Å². The summed E-state index contributed by atoms with van der Waals surface area (Å²) in [6, 6.07) is 0.999. The monoisotopic (exact) mass is 306 g/mol. The van der Waals surface area contributed by atoms with E-state index in [9.17, 15) is 14.4 Å². The Morgan fingerprint density at radius 3 is 3.05 bits per heavy atom. The summed E-state index contributed by atoms with van der Waals surface area (Å²) >= 11 is 1.22. The number of hydrogen-bond donors (Lipinski definition) is 2. The Morgan fingerprint density at radius 1 is 1.48 bits per heavy atom. The predicted molar refractivity (Wildman–Crippen MR) is 70.7 cm³/mol. The molecule has 21 heavy (non-hydrogen) atoms. The fraction of sp³-hybridized carbons (Fsp3) is 0.273. The first-order valence-electron chi connectivity index (χ1n) is 6.10. The number of rotatable bonds is 3. The second kappa shape index (κ2) is 5.40. The second-order valence-electron chi connectivity index (χ2n) is 4.37. The van der Waals surface area contributed by atoms with E-state index in [1.54, 1.807) is 11.4 Å². The summed E-state index contributed by atoms with van der Waals surface area (Å²) in [7, 11) is 0. The van der Waals surface area contributed by atoms with E-state index < -0.39 is 17.9 Å². The lowest BCUT2D eigenvalue weighted by molar-refractivity contribution is -0.134. The molecule has 1 saturated heterocycles. The van der Waals surface area contributed by atoms with E-state index in [-0.39, 0.29) is 12.3 Å². The summed E-state index contributed by atoms with van der Waals surface area (Å²) in [6.45, 7) is 0. The smallest absolute Gasteiger partial charge is 0.264 e. The van der Waals surface area contributed by atoms with Gasteiger partial charge in [0.25, 0.3) is 5.91 Å². The van der Waals surface area contributed by atoms with Gasteiger partial charge in [-0.15, -0.1) is 16.4 Å². The number of amides is 3. The molecule has 9 nitrogen and oxygen atoms in total. The van der Waals surface area contributed by atoms with Crippen LogP contribution in [0.25, 0.3) is 5.69 Å². The third-order valence-corrected chi connectivity index (χ3v) is 3.89. The summed E-state index contributed by atoms with van der Waals surface area (Å²) in [5, 5.41) is 17.3. The minimum atomic E-state index is -0.709. The Bertz CT molecular complexity index is 695. The van der Waals surface area contributed by atoms with Crippen LogP contribution in [0.4, 0.5) is 0 Å². The SMILES string of the molecule is O=C1CCC(NC(=O)c2sccc2-n2cnnn2)C(=O)N1. The largest absolute Gasteiger partial charge is 0.339 e. The maximum Gasteiger partial charge on any atom is 0.264 e. The molecular weight excluding hydrogens is 296 g/mol. The van der Waals surface area contributed by atoms with Crippen molar-refractivity contribution < 1.29 is 14.4 Å². The standard InChI is InChI=1S/C11H10N6O3S/c18-8-2-1-6(10(19)14-8)13-11(20)9-7(3-4-21-9)17-5-12-15-16-17/h3-6H,1-2H2,(H,13,20)(H,14,18,19). The van der Waals surface area contributed by atoms with Gasteiger partial charge < -0.3 is 5.32 Å². The van der Waals surface area contributed by atoms with Crippen LogP contribution in [0.2, 0.25) is 0 Å². The van der Waals surface area contributed by atoms with Crippen molar-refractivity contribution in [3.63, 3.8) is 0 Å². The molecule has 2 aromatic rings. The van der Waals surface area contributed by atoms with Crippen LogP contribution in [0, 0.1) is 0 Å². The van der Waals surface area contributed by atoms with Crippen molar-refractivity contribution in [2.45, 2.75) is 18.9 Å². The average molecular weight is 306 g/mol. The van der Waals surface area contributed by atoms with Crippen LogP contribution in [0.1, 0.15) is 22.5 Å². The molecular formula is C11H10N6O3S. The van der Waals surface area contributed by atoms with E-state index in [2.05, 4.69) is 26.2 Å². The molecule has 108 valence electrons. The molecule has 1 unspecified atom stereocenters. The first kappa shape index (κ1) is 13.4. The van der Waals surface area contributed by atoms with Crippen molar-refractivity contribution in [1.29, 1.82) is 0 Å². The van der Waals surface area contributed by atoms with Crippen molar-refractivity contribution in [1.82, 2.24) is 30.8 Å². The summed E-state index contributed by atoms with van der Waals surface area (Å²) in [4.78, 5) is 35.4. The number of nitrogens with zero attached hydrogens (tertiary/aromatic N) is 4. The van der Waals surface area contributed by atoms with Crippen LogP contribution < -0.4 is 10.6 Å². The number of aromatic nitrogens is 4. The maximum atomic E-state index is 12.3. The van der Waals surface area contributed by atoms with Crippen molar-refractivity contribution in [3.05, 3.63) is 22.7 Å². The topological polar surface area (TPSA) is 119 Å². The fourth-order valence-electron chi connectivity index (χ4n) is 1.98. The highest BCUT2D eigenvalue weighted by Gasteiger charge is 2.29. The van der Waals surface area contributed by atoms with Crippen LogP contribution in [0.3, 0.4) is 0 Å². The van der Waals surface area contributed by atoms with E-state index in [0.717, 1.165) is 0 Å². The summed E-state index contributed by atoms with van der Waals surface area (Å²) in [6.07, 6.45) is 1.88. The molecule has 3 amide bonds. The number of piperidine rings is 1. The van der Waals surface area contributed by atoms with Gasteiger partial charge >= 0.3 is 0 Å². The Kier molecular flexibility index (Phi) is 3.44. The molecule has 1 fully saturated rings. The Hall–Kier alpha value is -2.62. The molecule has 0 spiro atoms. The highest BCUT2D eigenvalue weighted by molar-refractivity contribution is 7.12. The van der Waals surface area contributed by atoms with Crippen molar-refractivity contribution in [3.8, 4) is 5.69 Å². The quantitative estimate of drug-likeness (QED) is 0.721. The van der Waals surface area contributed by atoms with Gasteiger partial charge in [-0.3, -0.25) is 19.7 Å². The molecule has 1 aliphatic rings. The van der Waals surface area contributed by atoms with Gasteiger partial charge in [-0.1, -0.05) is 0 Å². The zero-order chi connectivity index (χ0) is 14.8. The van der Waals surface area contributed by atoms with Crippen LogP contribution >= 0.6 is 11.3 Å². The zero-order valence-electron chi connectivity index (χ0n) is 10.6. The molecule has 2 aromatic heterocycles. The molecule has 2 N–H and O–H groups in total. The molecule has 0 saturated carbocycles. The molecule has 0 bridgehead atoms. The third kappa shape index (κ3) is 2.65. The van der Waals surface area contributed by atoms with Crippen LogP contribution in [-0.2, 0) is 9.59 Å². The molecule has 0 radical (unpaired) electrons. The van der Waals surface area contributed by atoms with E-state index >= 15 is 0 Å². The van der Waals surface area contributed by atoms with E-state index in [1.807, 2.05) is 0 Å². The number of imide groups is 1. The van der Waals surface area contributed by atoms with Crippen LogP contribution in [-0.4, -0.2) is 44.0 Å². The normalized spacial score (nSPS) is 18.4. The summed E-state index contributed by atoms with van der Waals surface area (Å²) < 4.78 is 1.37. The van der Waals surface area contributed by atoms with Crippen LogP contribution in [0.15, 0.2) is 17.8 Å². The molecule has 3 heterocycles. The molecule has 3 rings (SSSR count). The number of nitrogens with one attached hydrogen (secondary N) is 2. The van der Waals surface area contributed by atoms with Gasteiger partial charge in [0.1, 0.15) is 17.2 Å². The molecule has 10 heteroatoms. The van der Waals surface area contributed by atoms with Crippen molar-refractivity contribution in [2.75, 3.05) is 0 Å². The third-order valence-electron chi connectivity index (χ3n) is 2.99. The zero-order valence-corrected chi connectivity index (χ0v) is 11.5. The molecule has 0 aliphatic carbocycles. The average Bonchev–Trinajstić information content (AvgIpc) is 3.10. The lowest BCUT2D eigenvalue weighted by Gasteiger charge is -2.21. The van der Waals surface area contributed by atoms with E-state index in [0.29, 0.717) is 17.0 Å². The summed E-state index contributed by atoms with van der Waals surface area (Å²) in [5.41, 5.74) is 0.537. The van der Waals surface area contributed by atoms with Gasteiger partial charge in [-0.25, -0.2) is 0 Å². The minimum absolute atomic E-state index is 0.209. The first-order valence-corrected chi connectivity index (χ1v) is 6.98. The minimum Gasteiger partial charge on any atom is -0.339 e. The Balaban J connectivity index is 1.76. The highest BCUT2D eigenvalue weighted by Crippen LogP contribution is 2.20. The van der Waals surface area contributed by atoms with Gasteiger partial charge in [0.2, 0.25) is 11.8 Å². The number of thiophene rings is 1. The van der Waals surface area contributed by atoms with Crippen LogP contribution in [0.5, 0.6) is 0 Å². The lowest BCUT2D eigenvalue weighted by atomic mass is 10.1. The summed E-state index contributed by atoms with van der Waals surface area (Å²) in [5.74, 6) is -1.21. The highest BCUT2D eigenvalue weighted by atomic mass is 32.1. The first-order chi connectivity index (χ1) is 10.1. The second-order valence-corrected chi connectivity index (χ2v) is 5.28. The Morgan fingerprint density at radius 2 is 2.33 bits per heavy atom. The molecule has 1 atom stereocenters. The Labute approximate surface area is 122 Å². The lowest BCUT2D eigenvalue weighted by Crippen LogP contribution is -2.52. The van der Waals surface area contributed by atoms with Gasteiger partial charge in [0, 0.05) is 6.42 Å². The number of carbonyl (C=O) groups is 3. The van der Waals surface area contributed by atoms with Crippen molar-refractivity contribution in [2.24, 2.45) is 0 Å². The van der Waals surface area contributed by atoms with Gasteiger partial charge in [-0.05, 0) is 28.3 Å². The van der Waals surface area contributed by atoms with Gasteiger partial charge in [-0.2, -0.15) is 4.68 Å². The van der Waals surface area contributed by atoms with Gasteiger partial charge in [0.15, 0.2) is 0 Å². The van der Waals surface area contributed by atoms with E-state index in [4.69, 9.17) is 0 Å². The van der Waals surface area contributed by atoms with E-state index in [1.165, 1.54) is 22.3 Å². The predicted octanol–water partition coefficient (Wildman–Crippen LogP) is -0.741. The number of carbonyl (C=O) groups excluding carboxylic acids is 3. The number of tetrazole rings is 1.